The summed E-state index contributed by atoms with van der Waals surface area (Å²) in [6.45, 7) is 6.92. The zero-order chi connectivity index (χ0) is 15.8. The third kappa shape index (κ3) is 1.78. The second-order valence-electron chi connectivity index (χ2n) is 9.36. The Kier molecular flexibility index (Phi) is 2.81. The molecule has 0 spiro atoms. The van der Waals surface area contributed by atoms with Gasteiger partial charge in [-0.1, -0.05) is 12.2 Å². The Bertz CT molecular complexity index is 526. The normalized spacial score (nSPS) is 54.8. The van der Waals surface area contributed by atoms with Crippen LogP contribution < -0.4 is 5.32 Å². The zero-order valence-corrected chi connectivity index (χ0v) is 14.3. The summed E-state index contributed by atoms with van der Waals surface area (Å²) in [4.78, 5) is 11.9. The Labute approximate surface area is 139 Å². The van der Waals surface area contributed by atoms with Crippen molar-refractivity contribution in [2.24, 2.45) is 46.3 Å². The van der Waals surface area contributed by atoms with Crippen molar-refractivity contribution in [2.45, 2.75) is 45.4 Å². The lowest BCUT2D eigenvalue weighted by Gasteiger charge is -2.74. The first kappa shape index (κ1) is 14.3. The van der Waals surface area contributed by atoms with Crippen molar-refractivity contribution in [1.29, 1.82) is 0 Å². The number of allylic oxidation sites excluding steroid dienone is 2. The smallest absolute Gasteiger partial charge is 0.243 e. The Morgan fingerprint density at radius 2 is 1.39 bits per heavy atom. The van der Waals surface area contributed by atoms with Gasteiger partial charge in [0.05, 0.1) is 0 Å². The van der Waals surface area contributed by atoms with E-state index in [2.05, 4.69) is 24.0 Å². The van der Waals surface area contributed by atoms with Crippen LogP contribution in [0.2, 0.25) is 0 Å². The third-order valence-corrected chi connectivity index (χ3v) is 8.53. The largest absolute Gasteiger partial charge is 0.353 e. The molecule has 0 aromatic heterocycles. The van der Waals surface area contributed by atoms with E-state index in [9.17, 15) is 4.79 Å². The van der Waals surface area contributed by atoms with Crippen molar-refractivity contribution in [2.75, 3.05) is 6.54 Å². The van der Waals surface area contributed by atoms with E-state index in [4.69, 9.17) is 0 Å². The number of nitrogens with one attached hydrogen (secondary N) is 1. The highest BCUT2D eigenvalue weighted by Gasteiger charge is 2.69. The van der Waals surface area contributed by atoms with E-state index in [0.717, 1.165) is 42.1 Å². The topological polar surface area (TPSA) is 29.1 Å². The van der Waals surface area contributed by atoms with E-state index in [1.807, 2.05) is 13.0 Å². The Morgan fingerprint density at radius 1 is 0.957 bits per heavy atom. The molecule has 0 unspecified atom stereocenters. The predicted octanol–water partition coefficient (Wildman–Crippen LogP) is 3.94. The molecule has 0 heterocycles. The first-order valence-corrected chi connectivity index (χ1v) is 9.69. The van der Waals surface area contributed by atoms with Gasteiger partial charge < -0.3 is 5.32 Å². The van der Waals surface area contributed by atoms with E-state index < -0.39 is 0 Å². The van der Waals surface area contributed by atoms with E-state index in [-0.39, 0.29) is 5.91 Å². The summed E-state index contributed by atoms with van der Waals surface area (Å²) < 4.78 is 0. The van der Waals surface area contributed by atoms with Gasteiger partial charge in [0.2, 0.25) is 5.91 Å². The molecule has 1 N–H and O–H groups in total. The quantitative estimate of drug-likeness (QED) is 0.618. The van der Waals surface area contributed by atoms with Crippen molar-refractivity contribution in [3.05, 3.63) is 24.8 Å². The van der Waals surface area contributed by atoms with Crippen molar-refractivity contribution in [3.8, 4) is 0 Å². The molecule has 7 saturated carbocycles. The number of likely N-dealkylation sites (N-methyl/N-ethyl adjacent to an activating group) is 1. The van der Waals surface area contributed by atoms with Crippen LogP contribution in [0.15, 0.2) is 24.8 Å². The van der Waals surface area contributed by atoms with Gasteiger partial charge in [-0.25, -0.2) is 0 Å². The maximum atomic E-state index is 11.9. The molecule has 7 rings (SSSR count). The van der Waals surface area contributed by atoms with Crippen LogP contribution in [0.4, 0.5) is 0 Å². The van der Waals surface area contributed by atoms with Crippen LogP contribution in [0.1, 0.15) is 45.4 Å². The average molecular weight is 311 g/mol. The molecule has 0 saturated heterocycles. The molecule has 0 radical (unpaired) electrons. The monoisotopic (exact) mass is 311 g/mol. The van der Waals surface area contributed by atoms with Gasteiger partial charge in [-0.05, 0) is 97.9 Å². The summed E-state index contributed by atoms with van der Waals surface area (Å²) >= 11 is 0. The third-order valence-electron chi connectivity index (χ3n) is 8.53. The van der Waals surface area contributed by atoms with Crippen molar-refractivity contribution in [3.63, 3.8) is 0 Å². The first-order valence-electron chi connectivity index (χ1n) is 9.69. The summed E-state index contributed by atoms with van der Waals surface area (Å²) in [7, 11) is 0. The first-order chi connectivity index (χ1) is 11.1. The Balaban J connectivity index is 1.44. The van der Waals surface area contributed by atoms with E-state index in [1.165, 1.54) is 38.5 Å². The highest BCUT2D eigenvalue weighted by atomic mass is 16.1. The molecule has 124 valence electrons. The SMILES string of the molecule is C=CC12CC3C4CC5(C=CC(=O)NCC)CC3C(C1)C(C5)C4C2. The molecule has 0 aromatic rings. The van der Waals surface area contributed by atoms with Gasteiger partial charge in [0.25, 0.3) is 0 Å². The summed E-state index contributed by atoms with van der Waals surface area (Å²) in [5.41, 5.74) is 0.845. The molecular formula is C21H29NO. The van der Waals surface area contributed by atoms with Crippen LogP contribution in [0, 0.1) is 46.3 Å². The summed E-state index contributed by atoms with van der Waals surface area (Å²) in [6.07, 6.45) is 14.8. The molecular weight excluding hydrogens is 282 g/mol. The van der Waals surface area contributed by atoms with Gasteiger partial charge in [-0.2, -0.15) is 0 Å². The highest BCUT2D eigenvalue weighted by Crippen LogP contribution is 2.77. The number of amides is 1. The molecule has 7 fully saturated rings. The molecule has 2 heteroatoms. The molecule has 7 aliphatic carbocycles. The molecule has 23 heavy (non-hydrogen) atoms. The van der Waals surface area contributed by atoms with Crippen LogP contribution in [-0.4, -0.2) is 12.5 Å². The average Bonchev–Trinajstić information content (AvgIpc) is 2.57. The molecule has 0 aromatic carbocycles. The van der Waals surface area contributed by atoms with Crippen molar-refractivity contribution >= 4 is 5.91 Å². The summed E-state index contributed by atoms with van der Waals surface area (Å²) in [5, 5.41) is 2.91. The lowest BCUT2D eigenvalue weighted by atomic mass is 9.30. The van der Waals surface area contributed by atoms with Gasteiger partial charge in [0.15, 0.2) is 0 Å². The number of carbonyl (C=O) groups is 1. The highest BCUT2D eigenvalue weighted by molar-refractivity contribution is 5.87. The van der Waals surface area contributed by atoms with E-state index in [1.54, 1.807) is 0 Å². The Morgan fingerprint density at radius 3 is 1.78 bits per heavy atom. The number of carbonyl (C=O) groups excluding carboxylic acids is 1. The molecule has 8 bridgehead atoms. The fourth-order valence-corrected chi connectivity index (χ4v) is 7.98. The van der Waals surface area contributed by atoms with Gasteiger partial charge in [-0.15, -0.1) is 6.58 Å². The number of hydrogen-bond donors (Lipinski definition) is 1. The minimum absolute atomic E-state index is 0.0951. The molecule has 0 atom stereocenters. The fourth-order valence-electron chi connectivity index (χ4n) is 7.98. The zero-order valence-electron chi connectivity index (χ0n) is 14.3. The van der Waals surface area contributed by atoms with Crippen LogP contribution in [-0.2, 0) is 4.79 Å². The van der Waals surface area contributed by atoms with Gasteiger partial charge in [0, 0.05) is 6.54 Å². The maximum Gasteiger partial charge on any atom is 0.243 e. The lowest BCUT2D eigenvalue weighted by molar-refractivity contribution is -0.237. The van der Waals surface area contributed by atoms with Gasteiger partial charge in [-0.3, -0.25) is 4.79 Å². The van der Waals surface area contributed by atoms with Crippen molar-refractivity contribution in [1.82, 2.24) is 5.32 Å². The molecule has 2 nitrogen and oxygen atoms in total. The molecule has 0 aliphatic heterocycles. The van der Waals surface area contributed by atoms with Gasteiger partial charge >= 0.3 is 0 Å². The van der Waals surface area contributed by atoms with E-state index in [0.29, 0.717) is 10.8 Å². The molecule has 7 aliphatic rings. The minimum Gasteiger partial charge on any atom is -0.353 e. The maximum absolute atomic E-state index is 11.9. The summed E-state index contributed by atoms with van der Waals surface area (Å²) in [6, 6.07) is 0. The number of hydrogen-bond acceptors (Lipinski definition) is 1. The summed E-state index contributed by atoms with van der Waals surface area (Å²) in [5.74, 6) is 5.81. The van der Waals surface area contributed by atoms with Gasteiger partial charge in [0.1, 0.15) is 0 Å². The van der Waals surface area contributed by atoms with Crippen molar-refractivity contribution < 1.29 is 4.79 Å². The Hall–Kier alpha value is -1.05. The van der Waals surface area contributed by atoms with E-state index >= 15 is 0 Å². The number of rotatable bonds is 4. The van der Waals surface area contributed by atoms with Crippen LogP contribution >= 0.6 is 0 Å². The second kappa shape index (κ2) is 4.52. The van der Waals surface area contributed by atoms with Crippen LogP contribution in [0.5, 0.6) is 0 Å². The van der Waals surface area contributed by atoms with Crippen LogP contribution in [0.3, 0.4) is 0 Å². The molecule has 1 amide bonds. The predicted molar refractivity (Wildman–Crippen MR) is 91.5 cm³/mol. The second-order valence-corrected chi connectivity index (χ2v) is 9.36. The fraction of sp³-hybridized carbons (Fsp3) is 0.762. The lowest BCUT2D eigenvalue weighted by Crippen LogP contribution is -2.67. The minimum atomic E-state index is 0.0951. The standard InChI is InChI=1S/C21H29NO/c1-3-20-7-13-16-10-21(6-5-19(23)22-4-2)11-17(13)15(9-20)18(12-21)14(16)8-20/h3,5-6,13-18H,1,4,7-12H2,2H3,(H,22,23). The van der Waals surface area contributed by atoms with Crippen LogP contribution in [0.25, 0.3) is 0 Å².